The average molecular weight is 459 g/mol. The molecular formula is C9H7I2N3OS. The van der Waals surface area contributed by atoms with Crippen molar-refractivity contribution in [3.8, 4) is 16.3 Å². The quantitative estimate of drug-likeness (QED) is 0.703. The SMILES string of the molecule is COc1c(I)cc(I)cc1-c1nnc(N)s1. The van der Waals surface area contributed by atoms with Gasteiger partial charge in [0.25, 0.3) is 0 Å². The molecule has 0 atom stereocenters. The lowest BCUT2D eigenvalue weighted by Gasteiger charge is -2.08. The molecular weight excluding hydrogens is 452 g/mol. The van der Waals surface area contributed by atoms with Crippen molar-refractivity contribution in [2.24, 2.45) is 0 Å². The highest BCUT2D eigenvalue weighted by molar-refractivity contribution is 14.1. The molecule has 0 aliphatic heterocycles. The summed E-state index contributed by atoms with van der Waals surface area (Å²) < 4.78 is 7.56. The van der Waals surface area contributed by atoms with Gasteiger partial charge < -0.3 is 10.5 Å². The molecule has 0 aliphatic carbocycles. The van der Waals surface area contributed by atoms with Gasteiger partial charge in [-0.25, -0.2) is 0 Å². The molecule has 1 heterocycles. The second-order valence-electron chi connectivity index (χ2n) is 2.91. The molecule has 16 heavy (non-hydrogen) atoms. The van der Waals surface area contributed by atoms with Crippen molar-refractivity contribution in [3.05, 3.63) is 19.3 Å². The lowest BCUT2D eigenvalue weighted by molar-refractivity contribution is 0.413. The lowest BCUT2D eigenvalue weighted by atomic mass is 10.2. The molecule has 0 unspecified atom stereocenters. The van der Waals surface area contributed by atoms with E-state index in [4.69, 9.17) is 10.5 Å². The topological polar surface area (TPSA) is 61.0 Å². The number of rotatable bonds is 2. The summed E-state index contributed by atoms with van der Waals surface area (Å²) in [4.78, 5) is 0. The van der Waals surface area contributed by atoms with Crippen LogP contribution in [0.3, 0.4) is 0 Å². The fourth-order valence-electron chi connectivity index (χ4n) is 1.27. The second-order valence-corrected chi connectivity index (χ2v) is 6.33. The molecule has 2 aromatic rings. The number of nitrogens with zero attached hydrogens (tertiary/aromatic N) is 2. The Labute approximate surface area is 124 Å². The zero-order valence-electron chi connectivity index (χ0n) is 8.20. The number of hydrogen-bond donors (Lipinski definition) is 1. The van der Waals surface area contributed by atoms with Gasteiger partial charge in [-0.1, -0.05) is 11.3 Å². The van der Waals surface area contributed by atoms with E-state index in [1.54, 1.807) is 7.11 Å². The molecule has 84 valence electrons. The van der Waals surface area contributed by atoms with Crippen LogP contribution in [0, 0.1) is 7.14 Å². The molecule has 0 spiro atoms. The summed E-state index contributed by atoms with van der Waals surface area (Å²) in [5, 5.41) is 9.09. The molecule has 7 heteroatoms. The first-order valence-electron chi connectivity index (χ1n) is 4.24. The van der Waals surface area contributed by atoms with Crippen LogP contribution < -0.4 is 10.5 Å². The zero-order chi connectivity index (χ0) is 11.7. The van der Waals surface area contributed by atoms with Gasteiger partial charge in [-0.3, -0.25) is 0 Å². The van der Waals surface area contributed by atoms with E-state index < -0.39 is 0 Å². The number of hydrogen-bond acceptors (Lipinski definition) is 5. The van der Waals surface area contributed by atoms with Gasteiger partial charge in [-0.15, -0.1) is 10.2 Å². The van der Waals surface area contributed by atoms with Crippen LogP contribution in [0.15, 0.2) is 12.1 Å². The summed E-state index contributed by atoms with van der Waals surface area (Å²) in [6.07, 6.45) is 0. The van der Waals surface area contributed by atoms with Gasteiger partial charge in [0.1, 0.15) is 5.75 Å². The predicted octanol–water partition coefficient (Wildman–Crippen LogP) is 3.01. The van der Waals surface area contributed by atoms with Gasteiger partial charge in [0, 0.05) is 3.57 Å². The summed E-state index contributed by atoms with van der Waals surface area (Å²) in [6, 6.07) is 4.06. The minimum atomic E-state index is 0.464. The first-order valence-corrected chi connectivity index (χ1v) is 7.21. The minimum Gasteiger partial charge on any atom is -0.495 e. The fraction of sp³-hybridized carbons (Fsp3) is 0.111. The number of methoxy groups -OCH3 is 1. The maximum atomic E-state index is 5.58. The molecule has 0 saturated carbocycles. The van der Waals surface area contributed by atoms with Gasteiger partial charge in [0.05, 0.1) is 16.2 Å². The van der Waals surface area contributed by atoms with Crippen LogP contribution in [0.5, 0.6) is 5.75 Å². The van der Waals surface area contributed by atoms with Gasteiger partial charge in [-0.05, 0) is 57.3 Å². The third kappa shape index (κ3) is 2.40. The van der Waals surface area contributed by atoms with Crippen molar-refractivity contribution in [2.45, 2.75) is 0 Å². The number of halogens is 2. The monoisotopic (exact) mass is 459 g/mol. The molecule has 0 bridgehead atoms. The van der Waals surface area contributed by atoms with Crippen LogP contribution in [-0.4, -0.2) is 17.3 Å². The molecule has 4 nitrogen and oxygen atoms in total. The summed E-state index contributed by atoms with van der Waals surface area (Å²) in [5.41, 5.74) is 6.52. The van der Waals surface area contributed by atoms with E-state index in [0.717, 1.165) is 23.5 Å². The van der Waals surface area contributed by atoms with E-state index in [0.29, 0.717) is 5.13 Å². The molecule has 0 radical (unpaired) electrons. The maximum absolute atomic E-state index is 5.58. The zero-order valence-corrected chi connectivity index (χ0v) is 13.3. The van der Waals surface area contributed by atoms with Crippen LogP contribution >= 0.6 is 56.5 Å². The van der Waals surface area contributed by atoms with Gasteiger partial charge >= 0.3 is 0 Å². The van der Waals surface area contributed by atoms with Gasteiger partial charge in [0.15, 0.2) is 5.01 Å². The van der Waals surface area contributed by atoms with E-state index in [9.17, 15) is 0 Å². The van der Waals surface area contributed by atoms with E-state index in [1.807, 2.05) is 12.1 Å². The Morgan fingerprint density at radius 1 is 1.31 bits per heavy atom. The highest BCUT2D eigenvalue weighted by Crippen LogP contribution is 2.37. The molecule has 2 N–H and O–H groups in total. The Morgan fingerprint density at radius 3 is 2.62 bits per heavy atom. The smallest absolute Gasteiger partial charge is 0.203 e. The Balaban J connectivity index is 2.63. The molecule has 0 amide bonds. The standard InChI is InChI=1S/C9H7I2N3OS/c1-15-7-5(2-4(10)3-6(7)11)8-13-14-9(12)16-8/h2-3H,1H3,(H2,12,14). The van der Waals surface area contributed by atoms with Crippen molar-refractivity contribution in [1.29, 1.82) is 0 Å². The van der Waals surface area contributed by atoms with Gasteiger partial charge in [-0.2, -0.15) is 0 Å². The van der Waals surface area contributed by atoms with Crippen LogP contribution in [0.1, 0.15) is 0 Å². The number of aromatic nitrogens is 2. The number of ether oxygens (including phenoxy) is 1. The average Bonchev–Trinajstić information content (AvgIpc) is 2.63. The highest BCUT2D eigenvalue weighted by Gasteiger charge is 2.14. The molecule has 0 aliphatic rings. The molecule has 2 rings (SSSR count). The number of nitrogen functional groups attached to an aromatic ring is 1. The maximum Gasteiger partial charge on any atom is 0.203 e. The fourth-order valence-corrected chi connectivity index (χ4v) is 3.96. The summed E-state index contributed by atoms with van der Waals surface area (Å²) in [6.45, 7) is 0. The Morgan fingerprint density at radius 2 is 2.06 bits per heavy atom. The van der Waals surface area contributed by atoms with Crippen LogP contribution in [0.4, 0.5) is 5.13 Å². The highest BCUT2D eigenvalue weighted by atomic mass is 127. The summed E-state index contributed by atoms with van der Waals surface area (Å²) >= 11 is 5.86. The van der Waals surface area contributed by atoms with Crippen molar-refractivity contribution in [1.82, 2.24) is 10.2 Å². The molecule has 0 fully saturated rings. The summed E-state index contributed by atoms with van der Waals surface area (Å²) in [5.74, 6) is 0.817. The van der Waals surface area contributed by atoms with Crippen molar-refractivity contribution in [2.75, 3.05) is 12.8 Å². The summed E-state index contributed by atoms with van der Waals surface area (Å²) in [7, 11) is 1.65. The van der Waals surface area contributed by atoms with E-state index in [-0.39, 0.29) is 0 Å². The predicted molar refractivity (Wildman–Crippen MR) is 81.7 cm³/mol. The number of nitrogens with two attached hydrogens (primary N) is 1. The Hall–Kier alpha value is -0.160. The van der Waals surface area contributed by atoms with Crippen LogP contribution in [0.25, 0.3) is 10.6 Å². The van der Waals surface area contributed by atoms with E-state index >= 15 is 0 Å². The van der Waals surface area contributed by atoms with Gasteiger partial charge in [0.2, 0.25) is 5.13 Å². The lowest BCUT2D eigenvalue weighted by Crippen LogP contribution is -1.92. The molecule has 0 saturated heterocycles. The van der Waals surface area contributed by atoms with Crippen molar-refractivity contribution < 1.29 is 4.74 Å². The van der Waals surface area contributed by atoms with Crippen molar-refractivity contribution in [3.63, 3.8) is 0 Å². The van der Waals surface area contributed by atoms with Crippen LogP contribution in [0.2, 0.25) is 0 Å². The Kier molecular flexibility index (Phi) is 3.85. The second kappa shape index (κ2) is 5.00. The molecule has 1 aromatic heterocycles. The normalized spacial score (nSPS) is 10.4. The minimum absolute atomic E-state index is 0.464. The largest absolute Gasteiger partial charge is 0.495 e. The third-order valence-electron chi connectivity index (χ3n) is 1.88. The molecule has 1 aromatic carbocycles. The van der Waals surface area contributed by atoms with E-state index in [2.05, 4.69) is 55.4 Å². The first kappa shape index (κ1) is 12.3. The third-order valence-corrected chi connectivity index (χ3v) is 4.09. The van der Waals surface area contributed by atoms with E-state index in [1.165, 1.54) is 11.3 Å². The van der Waals surface area contributed by atoms with Crippen LogP contribution in [-0.2, 0) is 0 Å². The Bertz CT molecular complexity index is 529. The van der Waals surface area contributed by atoms with Crippen molar-refractivity contribution >= 4 is 61.7 Å². The number of benzene rings is 1. The first-order chi connectivity index (χ1) is 7.61. The number of anilines is 1.